The molecule has 5 heteroatoms. The Morgan fingerprint density at radius 2 is 1.93 bits per heavy atom. The van der Waals surface area contributed by atoms with E-state index < -0.39 is 0 Å². The summed E-state index contributed by atoms with van der Waals surface area (Å²) in [5.74, 6) is 0. The first kappa shape index (κ1) is 10.5. The second-order valence-corrected chi connectivity index (χ2v) is 6.89. The largest absolute Gasteiger partial charge is 0.297 e. The van der Waals surface area contributed by atoms with E-state index in [1.54, 1.807) is 11.3 Å². The maximum Gasteiger partial charge on any atom is 0.160 e. The zero-order chi connectivity index (χ0) is 10.1. The fraction of sp³-hybridized carbons (Fsp3) is 0. The van der Waals surface area contributed by atoms with Crippen LogP contribution in [0.3, 0.4) is 0 Å². The second kappa shape index (κ2) is 4.26. The molecular weight excluding hydrogens is 348 g/mol. The van der Waals surface area contributed by atoms with Crippen molar-refractivity contribution in [3.63, 3.8) is 0 Å². The summed E-state index contributed by atoms with van der Waals surface area (Å²) in [6.45, 7) is 0. The molecule has 1 nitrogen and oxygen atoms in total. The van der Waals surface area contributed by atoms with Gasteiger partial charge in [0.25, 0.3) is 0 Å². The summed E-state index contributed by atoms with van der Waals surface area (Å²) in [5, 5.41) is 0. The van der Waals surface area contributed by atoms with E-state index in [4.69, 9.17) is 0 Å². The predicted molar refractivity (Wildman–Crippen MR) is 68.4 cm³/mol. The highest BCUT2D eigenvalue weighted by molar-refractivity contribution is 9.13. The fourth-order valence-electron chi connectivity index (χ4n) is 1.02. The van der Waals surface area contributed by atoms with E-state index in [0.717, 1.165) is 24.3 Å². The maximum atomic E-state index is 10.5. The molecule has 0 spiro atoms. The van der Waals surface area contributed by atoms with Crippen molar-refractivity contribution in [3.8, 4) is 9.75 Å². The highest BCUT2D eigenvalue weighted by Crippen LogP contribution is 2.40. The predicted octanol–water partition coefficient (Wildman–Crippen LogP) is 4.81. The molecule has 2 heterocycles. The lowest BCUT2D eigenvalue weighted by atomic mass is 10.4. The number of hydrogen-bond acceptors (Lipinski definition) is 3. The Labute approximate surface area is 106 Å². The molecule has 0 saturated heterocycles. The van der Waals surface area contributed by atoms with E-state index in [0.29, 0.717) is 0 Å². The number of thiophene rings is 2. The lowest BCUT2D eigenvalue weighted by Crippen LogP contribution is -1.62. The molecule has 0 radical (unpaired) electrons. The molecule has 0 bridgehead atoms. The Morgan fingerprint density at radius 1 is 1.14 bits per heavy atom. The van der Waals surface area contributed by atoms with Crippen LogP contribution in [-0.2, 0) is 0 Å². The molecule has 2 rings (SSSR count). The normalized spacial score (nSPS) is 10.4. The summed E-state index contributed by atoms with van der Waals surface area (Å²) >= 11 is 10.0. The molecule has 0 unspecified atom stereocenters. The minimum absolute atomic E-state index is 0.764. The van der Waals surface area contributed by atoms with Gasteiger partial charge in [-0.1, -0.05) is 0 Å². The van der Waals surface area contributed by atoms with Crippen LogP contribution < -0.4 is 0 Å². The van der Waals surface area contributed by atoms with Gasteiger partial charge < -0.3 is 0 Å². The number of aldehydes is 1. The van der Waals surface area contributed by atoms with E-state index in [1.807, 2.05) is 12.1 Å². The van der Waals surface area contributed by atoms with E-state index in [9.17, 15) is 4.79 Å². The Kier molecular flexibility index (Phi) is 3.21. The average Bonchev–Trinajstić information content (AvgIpc) is 2.74. The maximum absolute atomic E-state index is 10.5. The lowest BCUT2D eigenvalue weighted by Gasteiger charge is -1.86. The molecule has 0 aliphatic carbocycles. The number of halogens is 2. The molecule has 0 aliphatic heterocycles. The van der Waals surface area contributed by atoms with Crippen LogP contribution in [0, 0.1) is 0 Å². The zero-order valence-corrected chi connectivity index (χ0v) is 11.6. The summed E-state index contributed by atoms with van der Waals surface area (Å²) < 4.78 is 2.13. The van der Waals surface area contributed by atoms with Gasteiger partial charge in [-0.2, -0.15) is 0 Å². The first-order valence-corrected chi connectivity index (χ1v) is 6.93. The Balaban J connectivity index is 2.43. The van der Waals surface area contributed by atoms with Gasteiger partial charge in [0.2, 0.25) is 0 Å². The SMILES string of the molecule is O=Cc1ccc(-c2cc(Br)c(Br)s2)s1. The highest BCUT2D eigenvalue weighted by atomic mass is 79.9. The van der Waals surface area contributed by atoms with Crippen molar-refractivity contribution in [1.82, 2.24) is 0 Å². The summed E-state index contributed by atoms with van der Waals surface area (Å²) in [4.78, 5) is 13.6. The van der Waals surface area contributed by atoms with Crippen molar-refractivity contribution < 1.29 is 4.79 Å². The zero-order valence-electron chi connectivity index (χ0n) is 6.79. The number of hydrogen-bond donors (Lipinski definition) is 0. The molecule has 72 valence electrons. The summed E-state index contributed by atoms with van der Waals surface area (Å²) in [6.07, 6.45) is 0.881. The van der Waals surface area contributed by atoms with Crippen LogP contribution in [0.15, 0.2) is 26.5 Å². The van der Waals surface area contributed by atoms with Gasteiger partial charge in [-0.15, -0.1) is 22.7 Å². The minimum Gasteiger partial charge on any atom is -0.297 e. The summed E-state index contributed by atoms with van der Waals surface area (Å²) in [7, 11) is 0. The molecule has 0 amide bonds. The first-order chi connectivity index (χ1) is 6.70. The Hall–Kier alpha value is 0.0300. The van der Waals surface area contributed by atoms with Crippen molar-refractivity contribution in [2.45, 2.75) is 0 Å². The van der Waals surface area contributed by atoms with Gasteiger partial charge in [-0.25, -0.2) is 0 Å². The van der Waals surface area contributed by atoms with Crippen LogP contribution in [-0.4, -0.2) is 6.29 Å². The van der Waals surface area contributed by atoms with Gasteiger partial charge in [0.05, 0.1) is 8.66 Å². The van der Waals surface area contributed by atoms with Gasteiger partial charge in [-0.05, 0) is 50.1 Å². The van der Waals surface area contributed by atoms with Crippen LogP contribution >= 0.6 is 54.5 Å². The molecule has 2 aromatic heterocycles. The smallest absolute Gasteiger partial charge is 0.160 e. The van der Waals surface area contributed by atoms with Crippen LogP contribution in [0.5, 0.6) is 0 Å². The van der Waals surface area contributed by atoms with E-state index in [2.05, 4.69) is 37.9 Å². The second-order valence-electron chi connectivity index (χ2n) is 2.55. The topological polar surface area (TPSA) is 17.1 Å². The average molecular weight is 352 g/mol. The summed E-state index contributed by atoms with van der Waals surface area (Å²) in [5.41, 5.74) is 0. The summed E-state index contributed by atoms with van der Waals surface area (Å²) in [6, 6.07) is 5.86. The molecule has 0 aliphatic rings. The Morgan fingerprint density at radius 3 is 2.43 bits per heavy atom. The first-order valence-electron chi connectivity index (χ1n) is 3.71. The quantitative estimate of drug-likeness (QED) is 0.709. The van der Waals surface area contributed by atoms with Crippen molar-refractivity contribution in [3.05, 3.63) is 31.3 Å². The van der Waals surface area contributed by atoms with Crippen LogP contribution in [0.1, 0.15) is 9.67 Å². The highest BCUT2D eigenvalue weighted by Gasteiger charge is 2.08. The molecule has 14 heavy (non-hydrogen) atoms. The number of carbonyl (C=O) groups excluding carboxylic acids is 1. The van der Waals surface area contributed by atoms with Gasteiger partial charge in [-0.3, -0.25) is 4.79 Å². The molecular formula is C9H4Br2OS2. The third-order valence-corrected chi connectivity index (χ3v) is 6.09. The fourth-order valence-corrected chi connectivity index (χ4v) is 3.96. The lowest BCUT2D eigenvalue weighted by molar-refractivity contribution is 0.112. The molecule has 0 saturated carbocycles. The minimum atomic E-state index is 0.764. The molecule has 0 fully saturated rings. The van der Waals surface area contributed by atoms with Crippen LogP contribution in [0.4, 0.5) is 0 Å². The third kappa shape index (κ3) is 2.00. The number of rotatable bonds is 2. The van der Waals surface area contributed by atoms with Gasteiger partial charge in [0, 0.05) is 14.2 Å². The van der Waals surface area contributed by atoms with Gasteiger partial charge in [0.15, 0.2) is 6.29 Å². The molecule has 0 N–H and O–H groups in total. The Bertz CT molecular complexity index is 453. The van der Waals surface area contributed by atoms with Crippen molar-refractivity contribution in [1.29, 1.82) is 0 Å². The third-order valence-electron chi connectivity index (χ3n) is 1.63. The van der Waals surface area contributed by atoms with Crippen molar-refractivity contribution in [2.75, 3.05) is 0 Å². The van der Waals surface area contributed by atoms with E-state index >= 15 is 0 Å². The molecule has 2 aromatic rings. The van der Waals surface area contributed by atoms with Crippen LogP contribution in [0.25, 0.3) is 9.75 Å². The van der Waals surface area contributed by atoms with E-state index in [1.165, 1.54) is 16.2 Å². The molecule has 0 atom stereocenters. The monoisotopic (exact) mass is 350 g/mol. The van der Waals surface area contributed by atoms with Crippen LogP contribution in [0.2, 0.25) is 0 Å². The van der Waals surface area contributed by atoms with Crippen molar-refractivity contribution >= 4 is 60.8 Å². The number of carbonyl (C=O) groups is 1. The van der Waals surface area contributed by atoms with Gasteiger partial charge in [0.1, 0.15) is 0 Å². The van der Waals surface area contributed by atoms with E-state index in [-0.39, 0.29) is 0 Å². The van der Waals surface area contributed by atoms with Crippen molar-refractivity contribution in [2.24, 2.45) is 0 Å². The standard InChI is InChI=1S/C9H4Br2OS2/c10-6-3-8(14-9(6)11)7-2-1-5(4-12)13-7/h1-4H. The molecule has 0 aromatic carbocycles. The van der Waals surface area contributed by atoms with Gasteiger partial charge >= 0.3 is 0 Å².